The Morgan fingerprint density at radius 3 is 2.00 bits per heavy atom. The van der Waals surface area contributed by atoms with Crippen LogP contribution in [0.1, 0.15) is 11.1 Å². The molecule has 0 saturated carbocycles. The van der Waals surface area contributed by atoms with E-state index in [0.717, 1.165) is 5.41 Å². The van der Waals surface area contributed by atoms with E-state index in [2.05, 4.69) is 4.52 Å². The molecule has 31 heavy (non-hydrogen) atoms. The molecule has 2 rings (SSSR count). The minimum absolute atomic E-state index is 0.0471. The third-order valence-corrected chi connectivity index (χ3v) is 5.74. The number of benzene rings is 2. The summed E-state index contributed by atoms with van der Waals surface area (Å²) in [6, 6.07) is 7.24. The van der Waals surface area contributed by atoms with Crippen LogP contribution in [0.4, 0.5) is 0 Å². The van der Waals surface area contributed by atoms with Gasteiger partial charge in [0.15, 0.2) is 32.8 Å². The highest BCUT2D eigenvalue weighted by molar-refractivity contribution is 7.93. The van der Waals surface area contributed by atoms with Crippen LogP contribution in [-0.2, 0) is 20.2 Å². The number of hydrogen-bond acceptors (Lipinski definition) is 8. The van der Waals surface area contributed by atoms with Gasteiger partial charge in [0, 0.05) is 5.41 Å². The molecule has 12 heteroatoms. The molecular weight excluding hydrogens is 451 g/mol. The predicted octanol–water partition coefficient (Wildman–Crippen LogP) is 2.78. The summed E-state index contributed by atoms with van der Waals surface area (Å²) in [7, 11) is -3.07. The maximum atomic E-state index is 12.7. The molecule has 0 unspecified atom stereocenters. The van der Waals surface area contributed by atoms with E-state index in [-0.39, 0.29) is 17.1 Å². The van der Waals surface area contributed by atoms with Crippen molar-refractivity contribution >= 4 is 23.7 Å². The molecule has 0 spiro atoms. The van der Waals surface area contributed by atoms with Crippen LogP contribution >= 0.6 is 7.82 Å². The van der Waals surface area contributed by atoms with Crippen LogP contribution in [0.2, 0.25) is 0 Å². The summed E-state index contributed by atoms with van der Waals surface area (Å²) < 4.78 is 61.8. The van der Waals surface area contributed by atoms with Gasteiger partial charge >= 0.3 is 7.82 Å². The number of phosphoric acid groups is 1. The summed E-state index contributed by atoms with van der Waals surface area (Å²) in [5.41, 5.74) is 0.603. The summed E-state index contributed by atoms with van der Waals surface area (Å²) in [4.78, 5) is 18.1. The van der Waals surface area contributed by atoms with Crippen molar-refractivity contribution in [2.75, 3.05) is 28.4 Å². The molecule has 0 aromatic heterocycles. The van der Waals surface area contributed by atoms with Gasteiger partial charge in [0.2, 0.25) is 0 Å². The summed E-state index contributed by atoms with van der Waals surface area (Å²) in [5.74, 6) is 0.393. The van der Waals surface area contributed by atoms with E-state index < -0.39 is 23.4 Å². The van der Waals surface area contributed by atoms with E-state index in [9.17, 15) is 13.0 Å². The van der Waals surface area contributed by atoms with Gasteiger partial charge in [0.05, 0.1) is 39.8 Å². The molecule has 0 heterocycles. The molecule has 170 valence electrons. The van der Waals surface area contributed by atoms with Crippen LogP contribution in [0.3, 0.4) is 0 Å². The number of phosphoric ester groups is 1. The lowest BCUT2D eigenvalue weighted by molar-refractivity contribution is 0.276. The molecule has 0 fully saturated rings. The Hall–Kier alpha value is -2.72. The zero-order chi connectivity index (χ0) is 23.2. The molecular formula is C19H23O10PS. The lowest BCUT2D eigenvalue weighted by Gasteiger charge is -2.14. The smallest absolute Gasteiger partial charge is 0.496 e. The zero-order valence-electron chi connectivity index (χ0n) is 17.3. The van der Waals surface area contributed by atoms with Gasteiger partial charge in [0.1, 0.15) is 5.75 Å². The van der Waals surface area contributed by atoms with E-state index in [1.165, 1.54) is 52.7 Å². The normalized spacial score (nSPS) is 11.9. The lowest BCUT2D eigenvalue weighted by atomic mass is 10.1. The van der Waals surface area contributed by atoms with E-state index in [1.54, 1.807) is 12.1 Å². The molecule has 2 N–H and O–H groups in total. The average molecular weight is 474 g/mol. The van der Waals surface area contributed by atoms with Crippen LogP contribution in [0.15, 0.2) is 35.7 Å². The monoisotopic (exact) mass is 474 g/mol. The third kappa shape index (κ3) is 6.63. The van der Waals surface area contributed by atoms with Crippen LogP contribution in [0, 0.1) is 0 Å². The molecule has 0 atom stereocenters. The van der Waals surface area contributed by atoms with Gasteiger partial charge in [-0.25, -0.2) is 13.0 Å². The fourth-order valence-electron chi connectivity index (χ4n) is 2.73. The maximum absolute atomic E-state index is 12.7. The second kappa shape index (κ2) is 10.1. The van der Waals surface area contributed by atoms with Crippen molar-refractivity contribution in [2.45, 2.75) is 5.75 Å². The largest absolute Gasteiger partial charge is 0.524 e. The first-order valence-corrected chi connectivity index (χ1v) is 11.9. The maximum Gasteiger partial charge on any atom is 0.524 e. The highest BCUT2D eigenvalue weighted by atomic mass is 32.2. The molecule has 0 radical (unpaired) electrons. The van der Waals surface area contributed by atoms with Crippen molar-refractivity contribution in [3.8, 4) is 28.7 Å². The molecule has 0 saturated heterocycles. The quantitative estimate of drug-likeness (QED) is 0.494. The van der Waals surface area contributed by atoms with Crippen LogP contribution in [0.5, 0.6) is 28.7 Å². The number of rotatable bonds is 10. The minimum Gasteiger partial charge on any atom is -0.496 e. The van der Waals surface area contributed by atoms with Gasteiger partial charge in [-0.05, 0) is 35.9 Å². The topological polar surface area (TPSA) is 138 Å². The average Bonchev–Trinajstić information content (AvgIpc) is 2.70. The Morgan fingerprint density at radius 1 is 0.871 bits per heavy atom. The first-order valence-electron chi connectivity index (χ1n) is 8.65. The summed E-state index contributed by atoms with van der Waals surface area (Å²) >= 11 is 0. The summed E-state index contributed by atoms with van der Waals surface area (Å²) in [6.45, 7) is 0. The van der Waals surface area contributed by atoms with Gasteiger partial charge in [0.25, 0.3) is 0 Å². The van der Waals surface area contributed by atoms with Crippen molar-refractivity contribution < 1.29 is 46.2 Å². The van der Waals surface area contributed by atoms with Crippen molar-refractivity contribution in [3.05, 3.63) is 46.9 Å². The number of hydrogen-bond donors (Lipinski definition) is 2. The first kappa shape index (κ1) is 24.5. The highest BCUT2D eigenvalue weighted by Gasteiger charge is 2.21. The fourth-order valence-corrected chi connectivity index (χ4v) is 4.21. The number of methoxy groups -OCH3 is 4. The Bertz CT molecular complexity index is 1100. The second-order valence-electron chi connectivity index (χ2n) is 6.09. The molecule has 0 amide bonds. The van der Waals surface area contributed by atoms with Crippen LogP contribution < -0.4 is 23.5 Å². The van der Waals surface area contributed by atoms with Crippen molar-refractivity contribution in [1.82, 2.24) is 0 Å². The fraction of sp³-hybridized carbons (Fsp3) is 0.263. The predicted molar refractivity (Wildman–Crippen MR) is 113 cm³/mol. The number of ether oxygens (including phenoxy) is 4. The van der Waals surface area contributed by atoms with Gasteiger partial charge in [-0.1, -0.05) is 6.07 Å². The molecule has 10 nitrogen and oxygen atoms in total. The van der Waals surface area contributed by atoms with Crippen molar-refractivity contribution in [3.63, 3.8) is 0 Å². The Kier molecular flexibility index (Phi) is 7.96. The summed E-state index contributed by atoms with van der Waals surface area (Å²) in [5, 5.41) is 0.987. The minimum atomic E-state index is -4.86. The highest BCUT2D eigenvalue weighted by Crippen LogP contribution is 2.42. The second-order valence-corrected chi connectivity index (χ2v) is 9.14. The number of sulfone groups is 1. The van der Waals surface area contributed by atoms with Gasteiger partial charge in [-0.15, -0.1) is 0 Å². The van der Waals surface area contributed by atoms with Crippen LogP contribution in [0.25, 0.3) is 6.08 Å². The zero-order valence-corrected chi connectivity index (χ0v) is 19.0. The van der Waals surface area contributed by atoms with Gasteiger partial charge < -0.3 is 23.5 Å². The van der Waals surface area contributed by atoms with Gasteiger partial charge in [-0.2, -0.15) is 0 Å². The molecule has 2 aromatic rings. The Morgan fingerprint density at radius 2 is 1.45 bits per heavy atom. The van der Waals surface area contributed by atoms with Gasteiger partial charge in [-0.3, -0.25) is 9.79 Å². The standard InChI is InChI=1S/C19H23O10PS/c1-25-15-7-8-17(27-3)19(28-4)14(15)9-10-31(23,24)12-13-5-6-16(26-2)18(11-13)29-30(20,21)22/h5-11H,12H2,1-4H3,(H2,20,21,22)/b10-9+. The van der Waals surface area contributed by atoms with E-state index in [0.29, 0.717) is 22.8 Å². The Labute approximate surface area is 180 Å². The van der Waals surface area contributed by atoms with E-state index in [1.807, 2.05) is 0 Å². The molecule has 2 aromatic carbocycles. The Balaban J connectivity index is 2.37. The van der Waals surface area contributed by atoms with Crippen molar-refractivity contribution in [1.29, 1.82) is 0 Å². The van der Waals surface area contributed by atoms with Crippen LogP contribution in [-0.4, -0.2) is 46.6 Å². The first-order chi connectivity index (χ1) is 14.5. The molecule has 0 aliphatic carbocycles. The molecule has 0 aliphatic rings. The van der Waals surface area contributed by atoms with Crippen molar-refractivity contribution in [2.24, 2.45) is 0 Å². The third-order valence-electron chi connectivity index (χ3n) is 4.02. The molecule has 0 bridgehead atoms. The van der Waals surface area contributed by atoms with E-state index in [4.69, 9.17) is 28.7 Å². The molecule has 0 aliphatic heterocycles. The lowest BCUT2D eigenvalue weighted by Crippen LogP contribution is -2.02. The van der Waals surface area contributed by atoms with E-state index >= 15 is 0 Å². The SMILES string of the molecule is COc1ccc(CS(=O)(=O)/C=C/c2c(OC)ccc(OC)c2OC)cc1OP(=O)(O)O. The summed E-state index contributed by atoms with van der Waals surface area (Å²) in [6.07, 6.45) is 1.33.